The van der Waals surface area contributed by atoms with Gasteiger partial charge in [0.25, 0.3) is 5.91 Å². The van der Waals surface area contributed by atoms with Gasteiger partial charge < -0.3 is 15.5 Å². The van der Waals surface area contributed by atoms with Crippen molar-refractivity contribution in [2.75, 3.05) is 17.2 Å². The first-order chi connectivity index (χ1) is 13.2. The van der Waals surface area contributed by atoms with Gasteiger partial charge in [0.15, 0.2) is 6.61 Å². The Labute approximate surface area is 166 Å². The third-order valence-corrected chi connectivity index (χ3v) is 4.03. The molecule has 0 aromatic heterocycles. The number of hydrogen-bond acceptors (Lipinski definition) is 4. The third-order valence-electron chi connectivity index (χ3n) is 4.03. The number of nitrogens with zero attached hydrogens (tertiary/aromatic N) is 1. The van der Waals surface area contributed by atoms with E-state index in [1.54, 1.807) is 19.1 Å². The van der Waals surface area contributed by atoms with Crippen molar-refractivity contribution in [3.8, 4) is 0 Å². The Morgan fingerprint density at radius 1 is 0.964 bits per heavy atom. The largest absolute Gasteiger partial charge is 0.385 e. The van der Waals surface area contributed by atoms with E-state index in [2.05, 4.69) is 36.6 Å². The predicted octanol–water partition coefficient (Wildman–Crippen LogP) is 4.32. The second-order valence-corrected chi connectivity index (χ2v) is 7.55. The molecule has 0 aliphatic heterocycles. The summed E-state index contributed by atoms with van der Waals surface area (Å²) in [5.74, 6) is -0.394. The molecule has 0 saturated heterocycles. The Bertz CT molecular complexity index is 865. The Kier molecular flexibility index (Phi) is 6.93. The van der Waals surface area contributed by atoms with Crippen LogP contribution in [0.4, 0.5) is 11.4 Å². The number of benzene rings is 2. The van der Waals surface area contributed by atoms with Crippen LogP contribution >= 0.6 is 0 Å². The van der Waals surface area contributed by atoms with Crippen molar-refractivity contribution in [2.45, 2.75) is 40.0 Å². The molecule has 0 aliphatic carbocycles. The number of anilines is 2. The van der Waals surface area contributed by atoms with E-state index in [1.807, 2.05) is 36.4 Å². The van der Waals surface area contributed by atoms with Crippen molar-refractivity contribution in [1.29, 1.82) is 0 Å². The summed E-state index contributed by atoms with van der Waals surface area (Å²) in [5, 5.41) is 9.59. The number of para-hydroxylation sites is 1. The number of nitrogens with one attached hydrogen (secondary N) is 2. The minimum Gasteiger partial charge on any atom is -0.385 e. The Morgan fingerprint density at radius 2 is 1.61 bits per heavy atom. The first kappa shape index (κ1) is 21.2. The Hall–Kier alpha value is -3.15. The lowest BCUT2D eigenvalue weighted by molar-refractivity contribution is -0.120. The van der Waals surface area contributed by atoms with Gasteiger partial charge in [-0.25, -0.2) is 0 Å². The van der Waals surface area contributed by atoms with Crippen LogP contribution in [-0.2, 0) is 19.8 Å². The SMILES string of the molecule is CC(=O)Nc1ccc(/C(C)=N/OCC(=O)Nc2ccccc2C(C)(C)C)cc1. The molecule has 2 rings (SSSR count). The van der Waals surface area contributed by atoms with E-state index < -0.39 is 0 Å². The van der Waals surface area contributed by atoms with Crippen molar-refractivity contribution in [3.05, 3.63) is 59.7 Å². The van der Waals surface area contributed by atoms with Crippen LogP contribution in [0.2, 0.25) is 0 Å². The maximum atomic E-state index is 12.2. The zero-order valence-electron chi connectivity index (χ0n) is 17.0. The van der Waals surface area contributed by atoms with Gasteiger partial charge in [-0.05, 0) is 41.7 Å². The highest BCUT2D eigenvalue weighted by atomic mass is 16.6. The average molecular weight is 381 g/mol. The number of oxime groups is 1. The number of hydrogen-bond donors (Lipinski definition) is 2. The lowest BCUT2D eigenvalue weighted by Crippen LogP contribution is -2.21. The zero-order valence-corrected chi connectivity index (χ0v) is 17.0. The van der Waals surface area contributed by atoms with Gasteiger partial charge in [0, 0.05) is 18.3 Å². The fraction of sp³-hybridized carbons (Fsp3) is 0.318. The summed E-state index contributed by atoms with van der Waals surface area (Å²) >= 11 is 0. The van der Waals surface area contributed by atoms with E-state index >= 15 is 0 Å². The van der Waals surface area contributed by atoms with Crippen molar-refractivity contribution in [2.24, 2.45) is 5.16 Å². The van der Waals surface area contributed by atoms with Gasteiger partial charge in [-0.15, -0.1) is 0 Å². The summed E-state index contributed by atoms with van der Waals surface area (Å²) < 4.78 is 0. The van der Waals surface area contributed by atoms with E-state index in [0.717, 1.165) is 16.8 Å². The van der Waals surface area contributed by atoms with Crippen LogP contribution in [-0.4, -0.2) is 24.1 Å². The normalized spacial score (nSPS) is 11.7. The zero-order chi connectivity index (χ0) is 20.7. The van der Waals surface area contributed by atoms with Crippen LogP contribution in [0.15, 0.2) is 53.7 Å². The lowest BCUT2D eigenvalue weighted by Gasteiger charge is -2.22. The van der Waals surface area contributed by atoms with Crippen LogP contribution in [0.3, 0.4) is 0 Å². The topological polar surface area (TPSA) is 79.8 Å². The second-order valence-electron chi connectivity index (χ2n) is 7.55. The van der Waals surface area contributed by atoms with Crippen molar-refractivity contribution in [3.63, 3.8) is 0 Å². The predicted molar refractivity (Wildman–Crippen MR) is 113 cm³/mol. The van der Waals surface area contributed by atoms with Crippen molar-refractivity contribution < 1.29 is 14.4 Å². The molecule has 148 valence electrons. The van der Waals surface area contributed by atoms with Gasteiger partial charge in [-0.1, -0.05) is 56.3 Å². The number of carbonyl (C=O) groups is 2. The van der Waals surface area contributed by atoms with E-state index in [0.29, 0.717) is 11.4 Å². The van der Waals surface area contributed by atoms with Gasteiger partial charge in [-0.3, -0.25) is 9.59 Å². The quantitative estimate of drug-likeness (QED) is 0.578. The van der Waals surface area contributed by atoms with Crippen LogP contribution in [0.1, 0.15) is 45.7 Å². The smallest absolute Gasteiger partial charge is 0.265 e. The molecule has 0 unspecified atom stereocenters. The molecule has 2 aromatic carbocycles. The van der Waals surface area contributed by atoms with Crippen LogP contribution in [0.5, 0.6) is 0 Å². The summed E-state index contributed by atoms with van der Waals surface area (Å²) in [6, 6.07) is 14.9. The first-order valence-electron chi connectivity index (χ1n) is 9.11. The monoisotopic (exact) mass is 381 g/mol. The molecule has 0 atom stereocenters. The van der Waals surface area contributed by atoms with Crippen LogP contribution in [0, 0.1) is 0 Å². The molecule has 2 N–H and O–H groups in total. The first-order valence-corrected chi connectivity index (χ1v) is 9.11. The molecule has 28 heavy (non-hydrogen) atoms. The number of rotatable bonds is 6. The van der Waals surface area contributed by atoms with Gasteiger partial charge in [0.1, 0.15) is 0 Å². The summed E-state index contributed by atoms with van der Waals surface area (Å²) in [6.45, 7) is 9.36. The molecule has 2 amide bonds. The summed E-state index contributed by atoms with van der Waals surface area (Å²) in [6.07, 6.45) is 0. The maximum Gasteiger partial charge on any atom is 0.265 e. The maximum absolute atomic E-state index is 12.2. The molecule has 0 radical (unpaired) electrons. The molecule has 6 heteroatoms. The van der Waals surface area contributed by atoms with Crippen molar-refractivity contribution in [1.82, 2.24) is 0 Å². The number of amides is 2. The standard InChI is InChI=1S/C22H27N3O3/c1-15(17-10-12-18(13-11-17)23-16(2)26)25-28-14-21(27)24-20-9-7-6-8-19(20)22(3,4)5/h6-13H,14H2,1-5H3,(H,23,26)(H,24,27)/b25-15+. The second kappa shape index (κ2) is 9.17. The molecule has 0 saturated carbocycles. The minimum absolute atomic E-state index is 0.0805. The molecular weight excluding hydrogens is 354 g/mol. The summed E-state index contributed by atoms with van der Waals surface area (Å²) in [7, 11) is 0. The summed E-state index contributed by atoms with van der Waals surface area (Å²) in [5.41, 5.74) is 3.94. The third kappa shape index (κ3) is 6.23. The lowest BCUT2D eigenvalue weighted by atomic mass is 9.86. The van der Waals surface area contributed by atoms with Crippen molar-refractivity contribution >= 4 is 28.9 Å². The van der Waals surface area contributed by atoms with Gasteiger partial charge >= 0.3 is 0 Å². The fourth-order valence-corrected chi connectivity index (χ4v) is 2.67. The minimum atomic E-state index is -0.269. The fourth-order valence-electron chi connectivity index (χ4n) is 2.67. The average Bonchev–Trinajstić information content (AvgIpc) is 2.61. The van der Waals surface area contributed by atoms with Crippen LogP contribution < -0.4 is 10.6 Å². The molecule has 2 aromatic rings. The highest BCUT2D eigenvalue weighted by Crippen LogP contribution is 2.29. The van der Waals surface area contributed by atoms with E-state index in [4.69, 9.17) is 4.84 Å². The van der Waals surface area contributed by atoms with E-state index in [-0.39, 0.29) is 23.8 Å². The van der Waals surface area contributed by atoms with Gasteiger partial charge in [0.05, 0.1) is 5.71 Å². The molecular formula is C22H27N3O3. The summed E-state index contributed by atoms with van der Waals surface area (Å²) in [4.78, 5) is 28.5. The highest BCUT2D eigenvalue weighted by Gasteiger charge is 2.18. The van der Waals surface area contributed by atoms with Gasteiger partial charge in [0.2, 0.25) is 5.91 Å². The Balaban J connectivity index is 1.93. The molecule has 0 heterocycles. The molecule has 0 spiro atoms. The molecule has 0 bridgehead atoms. The highest BCUT2D eigenvalue weighted by molar-refractivity contribution is 5.99. The van der Waals surface area contributed by atoms with E-state index in [1.165, 1.54) is 6.92 Å². The number of carbonyl (C=O) groups excluding carboxylic acids is 2. The van der Waals surface area contributed by atoms with E-state index in [9.17, 15) is 9.59 Å². The van der Waals surface area contributed by atoms with Crippen LogP contribution in [0.25, 0.3) is 0 Å². The molecule has 6 nitrogen and oxygen atoms in total. The van der Waals surface area contributed by atoms with Gasteiger partial charge in [-0.2, -0.15) is 0 Å². The Morgan fingerprint density at radius 3 is 2.21 bits per heavy atom. The molecule has 0 fully saturated rings. The molecule has 0 aliphatic rings.